The normalized spacial score (nSPS) is 24.4. The van der Waals surface area contributed by atoms with Gasteiger partial charge in [-0.05, 0) is 23.8 Å². The number of hydrogen-bond donors (Lipinski definition) is 2. The number of carbonyl (C=O) groups is 1. The van der Waals surface area contributed by atoms with Crippen LogP contribution in [0.1, 0.15) is 23.1 Å². The van der Waals surface area contributed by atoms with Crippen LogP contribution in [-0.2, 0) is 9.53 Å². The van der Waals surface area contributed by atoms with Gasteiger partial charge in [0.15, 0.2) is 0 Å². The third-order valence-corrected chi connectivity index (χ3v) is 4.90. The molecule has 2 N–H and O–H groups in total. The summed E-state index contributed by atoms with van der Waals surface area (Å²) in [6.45, 7) is 0. The van der Waals surface area contributed by atoms with E-state index < -0.39 is 34.9 Å². The van der Waals surface area contributed by atoms with Crippen LogP contribution in [0.25, 0.3) is 0 Å². The summed E-state index contributed by atoms with van der Waals surface area (Å²) >= 11 is 0. The molecule has 0 bridgehead atoms. The Morgan fingerprint density at radius 3 is 2.37 bits per heavy atom. The van der Waals surface area contributed by atoms with Gasteiger partial charge in [0.2, 0.25) is 6.04 Å². The van der Waals surface area contributed by atoms with E-state index in [1.54, 1.807) is 42.5 Å². The van der Waals surface area contributed by atoms with E-state index in [1.165, 1.54) is 20.3 Å². The van der Waals surface area contributed by atoms with Crippen molar-refractivity contribution in [3.05, 3.63) is 69.8 Å². The number of phenols is 1. The Morgan fingerprint density at radius 2 is 1.81 bits per heavy atom. The molecule has 142 valence electrons. The second-order valence-electron chi connectivity index (χ2n) is 6.28. The highest BCUT2D eigenvalue weighted by Crippen LogP contribution is 2.42. The van der Waals surface area contributed by atoms with Crippen molar-refractivity contribution in [3.8, 4) is 11.5 Å². The topological polar surface area (TPSA) is 111 Å². The van der Waals surface area contributed by atoms with Gasteiger partial charge in [-0.25, -0.2) is 0 Å². The minimum Gasteiger partial charge on any atom is -0.508 e. The molecule has 0 aromatic heterocycles. The highest BCUT2D eigenvalue weighted by molar-refractivity contribution is 5.78. The van der Waals surface area contributed by atoms with Crippen molar-refractivity contribution >= 4 is 5.97 Å². The fourth-order valence-electron chi connectivity index (χ4n) is 3.63. The molecule has 1 fully saturated rings. The van der Waals surface area contributed by atoms with Crippen LogP contribution in [0.2, 0.25) is 0 Å². The maximum absolute atomic E-state index is 12.4. The molecular weight excluding hydrogens is 352 g/mol. The lowest BCUT2D eigenvalue weighted by atomic mass is 9.85. The number of esters is 1. The number of para-hydroxylation sites is 1. The van der Waals surface area contributed by atoms with E-state index in [0.717, 1.165) is 0 Å². The summed E-state index contributed by atoms with van der Waals surface area (Å²) in [6, 6.07) is 10.2. The predicted octanol–water partition coefficient (Wildman–Crippen LogP) is 2.02. The standard InChI is InChI=1S/C19H20N2O6/c1-26-12-9-7-11(8-10-12)15-17(19(23)27-2)20-16(18(15)21(24)25)13-5-3-4-6-14(13)22/h3-10,15-18,20,22H,1-2H3/t15-,16-,17-,18+/m0/s1. The average Bonchev–Trinajstić information content (AvgIpc) is 3.08. The van der Waals surface area contributed by atoms with E-state index in [2.05, 4.69) is 5.32 Å². The molecule has 8 heteroatoms. The van der Waals surface area contributed by atoms with Gasteiger partial charge in [0, 0.05) is 10.5 Å². The Morgan fingerprint density at radius 1 is 1.15 bits per heavy atom. The second-order valence-corrected chi connectivity index (χ2v) is 6.28. The molecule has 2 aromatic rings. The first kappa shape index (κ1) is 18.7. The van der Waals surface area contributed by atoms with Gasteiger partial charge in [-0.2, -0.15) is 0 Å². The number of rotatable bonds is 5. The first-order chi connectivity index (χ1) is 13.0. The number of nitrogens with one attached hydrogen (secondary N) is 1. The highest BCUT2D eigenvalue weighted by Gasteiger charge is 2.55. The summed E-state index contributed by atoms with van der Waals surface area (Å²) < 4.78 is 10.00. The third-order valence-electron chi connectivity index (χ3n) is 4.90. The van der Waals surface area contributed by atoms with Gasteiger partial charge >= 0.3 is 5.97 Å². The van der Waals surface area contributed by atoms with Gasteiger partial charge in [0.1, 0.15) is 23.6 Å². The van der Waals surface area contributed by atoms with E-state index in [1.807, 2.05) is 0 Å². The Balaban J connectivity index is 2.09. The molecule has 1 heterocycles. The fraction of sp³-hybridized carbons (Fsp3) is 0.316. The molecule has 1 saturated heterocycles. The van der Waals surface area contributed by atoms with Gasteiger partial charge in [-0.1, -0.05) is 30.3 Å². The van der Waals surface area contributed by atoms with Gasteiger partial charge in [-0.3, -0.25) is 20.2 Å². The maximum atomic E-state index is 12.4. The molecule has 0 saturated carbocycles. The summed E-state index contributed by atoms with van der Waals surface area (Å²) in [5.41, 5.74) is 0.974. The molecule has 2 aromatic carbocycles. The number of hydrogen-bond acceptors (Lipinski definition) is 7. The van der Waals surface area contributed by atoms with E-state index in [9.17, 15) is 20.0 Å². The third kappa shape index (κ3) is 3.43. The molecule has 4 atom stereocenters. The van der Waals surface area contributed by atoms with Crippen molar-refractivity contribution < 1.29 is 24.3 Å². The molecule has 0 radical (unpaired) electrons. The van der Waals surface area contributed by atoms with E-state index >= 15 is 0 Å². The first-order valence-corrected chi connectivity index (χ1v) is 8.37. The summed E-state index contributed by atoms with van der Waals surface area (Å²) in [5, 5.41) is 25.1. The summed E-state index contributed by atoms with van der Waals surface area (Å²) in [5.74, 6) is -0.835. The van der Waals surface area contributed by atoms with Gasteiger partial charge in [0.05, 0.1) is 20.1 Å². The lowest BCUT2D eigenvalue weighted by Gasteiger charge is -2.19. The molecule has 1 aliphatic heterocycles. The van der Waals surface area contributed by atoms with Crippen LogP contribution in [0.15, 0.2) is 48.5 Å². The van der Waals surface area contributed by atoms with Crippen molar-refractivity contribution in [2.45, 2.75) is 24.0 Å². The molecule has 27 heavy (non-hydrogen) atoms. The van der Waals surface area contributed by atoms with Crippen molar-refractivity contribution in [2.24, 2.45) is 0 Å². The summed E-state index contributed by atoms with van der Waals surface area (Å²) in [6.07, 6.45) is 0. The van der Waals surface area contributed by atoms with Crippen LogP contribution in [0.5, 0.6) is 11.5 Å². The van der Waals surface area contributed by atoms with Gasteiger partial charge in [0.25, 0.3) is 0 Å². The Bertz CT molecular complexity index is 838. The van der Waals surface area contributed by atoms with Gasteiger partial charge < -0.3 is 14.6 Å². The molecule has 0 unspecified atom stereocenters. The smallest absolute Gasteiger partial charge is 0.323 e. The Kier molecular flexibility index (Phi) is 5.27. The van der Waals surface area contributed by atoms with Crippen molar-refractivity contribution in [2.75, 3.05) is 14.2 Å². The maximum Gasteiger partial charge on any atom is 0.323 e. The van der Waals surface area contributed by atoms with Crippen LogP contribution in [0.3, 0.4) is 0 Å². The van der Waals surface area contributed by atoms with Crippen molar-refractivity contribution in [3.63, 3.8) is 0 Å². The zero-order chi connectivity index (χ0) is 19.6. The zero-order valence-corrected chi connectivity index (χ0v) is 14.9. The van der Waals surface area contributed by atoms with E-state index in [4.69, 9.17) is 9.47 Å². The average molecular weight is 372 g/mol. The molecule has 1 aliphatic rings. The van der Waals surface area contributed by atoms with E-state index in [0.29, 0.717) is 16.9 Å². The largest absolute Gasteiger partial charge is 0.508 e. The SMILES string of the molecule is COC(=O)[C@H]1N[C@@H](c2ccccc2O)[C@H]([N+](=O)[O-])[C@H]1c1ccc(OC)cc1. The highest BCUT2D eigenvalue weighted by atomic mass is 16.6. The molecule has 8 nitrogen and oxygen atoms in total. The second kappa shape index (κ2) is 7.63. The number of methoxy groups -OCH3 is 2. The predicted molar refractivity (Wildman–Crippen MR) is 96.3 cm³/mol. The van der Waals surface area contributed by atoms with Crippen LogP contribution in [-0.4, -0.2) is 42.3 Å². The number of aromatic hydroxyl groups is 1. The molecule has 0 spiro atoms. The monoisotopic (exact) mass is 372 g/mol. The van der Waals surface area contributed by atoms with Crippen molar-refractivity contribution in [1.82, 2.24) is 5.32 Å². The zero-order valence-electron chi connectivity index (χ0n) is 14.9. The number of ether oxygens (including phenoxy) is 2. The quantitative estimate of drug-likeness (QED) is 0.469. The van der Waals surface area contributed by atoms with Gasteiger partial charge in [-0.15, -0.1) is 0 Å². The Labute approximate surface area is 155 Å². The number of phenolic OH excluding ortho intramolecular Hbond substituents is 1. The molecule has 3 rings (SSSR count). The van der Waals surface area contributed by atoms with E-state index in [-0.39, 0.29) is 5.75 Å². The number of benzene rings is 2. The number of nitrogens with zero attached hydrogens (tertiary/aromatic N) is 1. The fourth-order valence-corrected chi connectivity index (χ4v) is 3.63. The van der Waals surface area contributed by atoms with Crippen LogP contribution >= 0.6 is 0 Å². The molecular formula is C19H20N2O6. The van der Waals surface area contributed by atoms with Crippen LogP contribution < -0.4 is 10.1 Å². The lowest BCUT2D eigenvalue weighted by Crippen LogP contribution is -2.37. The van der Waals surface area contributed by atoms with Crippen LogP contribution in [0, 0.1) is 10.1 Å². The molecule has 0 aliphatic carbocycles. The lowest BCUT2D eigenvalue weighted by molar-refractivity contribution is -0.527. The molecule has 0 amide bonds. The summed E-state index contributed by atoms with van der Waals surface area (Å²) in [7, 11) is 2.76. The Hall–Kier alpha value is -3.13. The number of nitro groups is 1. The number of carbonyl (C=O) groups excluding carboxylic acids is 1. The minimum absolute atomic E-state index is 0.0687. The first-order valence-electron chi connectivity index (χ1n) is 8.37. The minimum atomic E-state index is -1.17. The van der Waals surface area contributed by atoms with Crippen molar-refractivity contribution in [1.29, 1.82) is 0 Å². The summed E-state index contributed by atoms with van der Waals surface area (Å²) in [4.78, 5) is 23.9. The van der Waals surface area contributed by atoms with Crippen LogP contribution in [0.4, 0.5) is 0 Å².